The smallest absolute Gasteiger partial charge is 0.325 e. The van der Waals surface area contributed by atoms with E-state index in [9.17, 15) is 14.4 Å². The highest BCUT2D eigenvalue weighted by Crippen LogP contribution is 2.29. The van der Waals surface area contributed by atoms with Gasteiger partial charge in [0.05, 0.1) is 13.5 Å². The highest BCUT2D eigenvalue weighted by Gasteiger charge is 2.52. The molecule has 1 N–H and O–H groups in total. The van der Waals surface area contributed by atoms with Crippen LogP contribution in [0.3, 0.4) is 0 Å². The minimum Gasteiger partial charge on any atom is -0.497 e. The van der Waals surface area contributed by atoms with Gasteiger partial charge in [0.15, 0.2) is 0 Å². The molecule has 0 aromatic heterocycles. The SMILES string of the molecule is CCN1C(=O)NC2(CCN(C(=O)Cc3ccc(OC)cc3)CC2)C1=O. The van der Waals surface area contributed by atoms with Gasteiger partial charge in [-0.3, -0.25) is 14.5 Å². The van der Waals surface area contributed by atoms with Crippen molar-refractivity contribution in [2.24, 2.45) is 0 Å². The number of likely N-dealkylation sites (N-methyl/N-ethyl adjacent to an activating group) is 1. The van der Waals surface area contributed by atoms with Gasteiger partial charge in [-0.15, -0.1) is 0 Å². The van der Waals surface area contributed by atoms with Crippen LogP contribution < -0.4 is 10.1 Å². The van der Waals surface area contributed by atoms with E-state index in [0.717, 1.165) is 11.3 Å². The van der Waals surface area contributed by atoms with Gasteiger partial charge in [-0.1, -0.05) is 12.1 Å². The first-order valence-electron chi connectivity index (χ1n) is 8.54. The van der Waals surface area contributed by atoms with Gasteiger partial charge in [0.2, 0.25) is 5.91 Å². The zero-order valence-electron chi connectivity index (χ0n) is 14.6. The van der Waals surface area contributed by atoms with E-state index in [1.54, 1.807) is 18.9 Å². The third-order valence-corrected chi connectivity index (χ3v) is 5.05. The topological polar surface area (TPSA) is 79.0 Å². The van der Waals surface area contributed by atoms with Crippen LogP contribution in [0, 0.1) is 0 Å². The van der Waals surface area contributed by atoms with Crippen LogP contribution in [0.25, 0.3) is 0 Å². The molecule has 1 aromatic rings. The molecule has 2 aliphatic heterocycles. The fourth-order valence-electron chi connectivity index (χ4n) is 3.47. The highest BCUT2D eigenvalue weighted by atomic mass is 16.5. The van der Waals surface area contributed by atoms with E-state index in [-0.39, 0.29) is 17.8 Å². The largest absolute Gasteiger partial charge is 0.497 e. The van der Waals surface area contributed by atoms with Crippen molar-refractivity contribution < 1.29 is 19.1 Å². The Morgan fingerprint density at radius 1 is 1.20 bits per heavy atom. The van der Waals surface area contributed by atoms with Crippen molar-refractivity contribution in [3.63, 3.8) is 0 Å². The maximum Gasteiger partial charge on any atom is 0.325 e. The van der Waals surface area contributed by atoms with Crippen molar-refractivity contribution >= 4 is 17.8 Å². The molecule has 2 aliphatic rings. The summed E-state index contributed by atoms with van der Waals surface area (Å²) in [5, 5.41) is 2.83. The zero-order valence-corrected chi connectivity index (χ0v) is 14.6. The van der Waals surface area contributed by atoms with Crippen LogP contribution in [0.15, 0.2) is 24.3 Å². The van der Waals surface area contributed by atoms with Gasteiger partial charge < -0.3 is 15.0 Å². The van der Waals surface area contributed by atoms with E-state index < -0.39 is 5.54 Å². The van der Waals surface area contributed by atoms with Gasteiger partial charge in [-0.05, 0) is 37.5 Å². The van der Waals surface area contributed by atoms with E-state index in [4.69, 9.17) is 4.74 Å². The molecule has 25 heavy (non-hydrogen) atoms. The average molecular weight is 345 g/mol. The monoisotopic (exact) mass is 345 g/mol. The first-order valence-corrected chi connectivity index (χ1v) is 8.54. The fraction of sp³-hybridized carbons (Fsp3) is 0.500. The number of piperidine rings is 1. The molecular formula is C18H23N3O4. The molecule has 0 radical (unpaired) electrons. The second kappa shape index (κ2) is 6.74. The number of likely N-dealkylation sites (tertiary alicyclic amines) is 1. The molecule has 7 heteroatoms. The summed E-state index contributed by atoms with van der Waals surface area (Å²) in [5.74, 6) is 0.624. The summed E-state index contributed by atoms with van der Waals surface area (Å²) in [6.07, 6.45) is 1.24. The molecule has 4 amide bonds. The highest BCUT2D eigenvalue weighted by molar-refractivity contribution is 6.07. The third-order valence-electron chi connectivity index (χ3n) is 5.05. The number of benzene rings is 1. The van der Waals surface area contributed by atoms with Crippen LogP contribution in [0.5, 0.6) is 5.75 Å². The summed E-state index contributed by atoms with van der Waals surface area (Å²) in [4.78, 5) is 39.9. The second-order valence-electron chi connectivity index (χ2n) is 6.47. The van der Waals surface area contributed by atoms with Gasteiger partial charge in [0.1, 0.15) is 11.3 Å². The number of ether oxygens (including phenoxy) is 1. The van der Waals surface area contributed by atoms with Crippen molar-refractivity contribution in [1.29, 1.82) is 0 Å². The summed E-state index contributed by atoms with van der Waals surface area (Å²) < 4.78 is 5.11. The van der Waals surface area contributed by atoms with E-state index in [0.29, 0.717) is 38.9 Å². The number of carbonyl (C=O) groups excluding carboxylic acids is 3. The van der Waals surface area contributed by atoms with Crippen LogP contribution in [0.1, 0.15) is 25.3 Å². The molecule has 1 spiro atoms. The van der Waals surface area contributed by atoms with E-state index in [1.807, 2.05) is 24.3 Å². The predicted octanol–water partition coefficient (Wildman–Crippen LogP) is 1.17. The Labute approximate surface area is 146 Å². The quantitative estimate of drug-likeness (QED) is 0.831. The lowest BCUT2D eigenvalue weighted by molar-refractivity contribution is -0.138. The molecule has 3 rings (SSSR count). The second-order valence-corrected chi connectivity index (χ2v) is 6.47. The van der Waals surface area contributed by atoms with Gasteiger partial charge in [-0.25, -0.2) is 4.79 Å². The Morgan fingerprint density at radius 3 is 2.36 bits per heavy atom. The van der Waals surface area contributed by atoms with Crippen molar-refractivity contribution in [2.75, 3.05) is 26.7 Å². The Balaban J connectivity index is 1.59. The summed E-state index contributed by atoms with van der Waals surface area (Å²) >= 11 is 0. The molecule has 2 heterocycles. The van der Waals surface area contributed by atoms with Gasteiger partial charge in [-0.2, -0.15) is 0 Å². The number of carbonyl (C=O) groups is 3. The molecule has 0 unspecified atom stereocenters. The number of nitrogens with one attached hydrogen (secondary N) is 1. The number of hydrogen-bond donors (Lipinski definition) is 1. The number of urea groups is 1. The fourth-order valence-corrected chi connectivity index (χ4v) is 3.47. The number of nitrogens with zero attached hydrogens (tertiary/aromatic N) is 2. The Morgan fingerprint density at radius 2 is 1.84 bits per heavy atom. The lowest BCUT2D eigenvalue weighted by Gasteiger charge is -2.37. The van der Waals surface area contributed by atoms with Crippen molar-refractivity contribution in [1.82, 2.24) is 15.1 Å². The summed E-state index contributed by atoms with van der Waals surface area (Å²) in [5.41, 5.74) is 0.0951. The lowest BCUT2D eigenvalue weighted by atomic mass is 9.87. The predicted molar refractivity (Wildman–Crippen MR) is 91.2 cm³/mol. The van der Waals surface area contributed by atoms with E-state index in [2.05, 4.69) is 5.32 Å². The van der Waals surface area contributed by atoms with Gasteiger partial charge in [0.25, 0.3) is 5.91 Å². The van der Waals surface area contributed by atoms with Crippen LogP contribution >= 0.6 is 0 Å². The number of rotatable bonds is 4. The Kier molecular flexibility index (Phi) is 4.65. The number of amides is 4. The standard InChI is InChI=1S/C18H23N3O4/c1-3-21-16(23)18(19-17(21)24)8-10-20(11-9-18)15(22)12-13-4-6-14(25-2)7-5-13/h4-7H,3,8-12H2,1-2H3,(H,19,24). The molecule has 2 saturated heterocycles. The molecule has 0 bridgehead atoms. The summed E-state index contributed by atoms with van der Waals surface area (Å²) in [7, 11) is 1.60. The normalized spacial score (nSPS) is 19.3. The molecular weight excluding hydrogens is 322 g/mol. The summed E-state index contributed by atoms with van der Waals surface area (Å²) in [6.45, 7) is 3.09. The minimum atomic E-state index is -0.829. The first-order chi connectivity index (χ1) is 12.0. The maximum atomic E-state index is 12.5. The molecule has 0 atom stereocenters. The van der Waals surface area contributed by atoms with E-state index in [1.165, 1.54) is 4.90 Å². The Bertz CT molecular complexity index is 678. The molecule has 134 valence electrons. The average Bonchev–Trinajstić information content (AvgIpc) is 2.85. The lowest BCUT2D eigenvalue weighted by Crippen LogP contribution is -2.56. The molecule has 1 aromatic carbocycles. The van der Waals surface area contributed by atoms with Crippen LogP contribution in [-0.2, 0) is 16.0 Å². The first kappa shape index (κ1) is 17.3. The maximum absolute atomic E-state index is 12.5. The zero-order chi connectivity index (χ0) is 18.0. The van der Waals surface area contributed by atoms with Crippen molar-refractivity contribution in [2.45, 2.75) is 31.7 Å². The molecule has 0 saturated carbocycles. The molecule has 0 aliphatic carbocycles. The Hall–Kier alpha value is -2.57. The van der Waals surface area contributed by atoms with Crippen LogP contribution in [-0.4, -0.2) is 59.9 Å². The van der Waals surface area contributed by atoms with E-state index >= 15 is 0 Å². The van der Waals surface area contributed by atoms with Gasteiger partial charge >= 0.3 is 6.03 Å². The third kappa shape index (κ3) is 3.18. The summed E-state index contributed by atoms with van der Waals surface area (Å²) in [6, 6.07) is 7.09. The van der Waals surface area contributed by atoms with Crippen LogP contribution in [0.4, 0.5) is 4.79 Å². The molecule has 2 fully saturated rings. The minimum absolute atomic E-state index is 0.0316. The number of hydrogen-bond acceptors (Lipinski definition) is 4. The number of imide groups is 1. The van der Waals surface area contributed by atoms with Crippen LogP contribution in [0.2, 0.25) is 0 Å². The van der Waals surface area contributed by atoms with Crippen molar-refractivity contribution in [3.05, 3.63) is 29.8 Å². The van der Waals surface area contributed by atoms with Gasteiger partial charge in [0, 0.05) is 19.6 Å². The van der Waals surface area contributed by atoms with Crippen molar-refractivity contribution in [3.8, 4) is 5.75 Å². The molecule has 7 nitrogen and oxygen atoms in total. The number of methoxy groups -OCH3 is 1.